The van der Waals surface area contributed by atoms with Gasteiger partial charge in [0.15, 0.2) is 9.84 Å². The van der Waals surface area contributed by atoms with Gasteiger partial charge in [0.25, 0.3) is 0 Å². The average molecular weight is 421 g/mol. The van der Waals surface area contributed by atoms with Crippen LogP contribution in [-0.4, -0.2) is 31.0 Å². The van der Waals surface area contributed by atoms with Gasteiger partial charge in [-0.15, -0.1) is 0 Å². The number of carbonyl (C=O) groups excluding carboxylic acids is 1. The van der Waals surface area contributed by atoms with Crippen molar-refractivity contribution < 1.29 is 22.8 Å². The third-order valence-corrected chi connectivity index (χ3v) is 5.44. The first-order valence-electron chi connectivity index (χ1n) is 8.11. The molecule has 0 spiro atoms. The van der Waals surface area contributed by atoms with E-state index >= 15 is 0 Å². The average Bonchev–Trinajstić information content (AvgIpc) is 3.05. The lowest BCUT2D eigenvalue weighted by Crippen LogP contribution is -2.31. The first-order valence-corrected chi connectivity index (χ1v) is 10.4. The molecule has 3 aromatic rings. The number of primary amides is 1. The summed E-state index contributed by atoms with van der Waals surface area (Å²) in [5.74, 6) is 0.515. The highest BCUT2D eigenvalue weighted by Gasteiger charge is 2.22. The highest BCUT2D eigenvalue weighted by Crippen LogP contribution is 2.38. The number of benzene rings is 2. The van der Waals surface area contributed by atoms with Crippen LogP contribution in [0.2, 0.25) is 5.02 Å². The molecular weight excluding hydrogens is 404 g/mol. The van der Waals surface area contributed by atoms with E-state index in [2.05, 4.69) is 0 Å². The van der Waals surface area contributed by atoms with Crippen LogP contribution in [0.25, 0.3) is 22.5 Å². The van der Waals surface area contributed by atoms with Crippen LogP contribution in [0.15, 0.2) is 63.9 Å². The van der Waals surface area contributed by atoms with Crippen molar-refractivity contribution in [1.29, 1.82) is 0 Å². The summed E-state index contributed by atoms with van der Waals surface area (Å²) in [7, 11) is -3.53. The summed E-state index contributed by atoms with van der Waals surface area (Å²) in [6.45, 7) is -0.295. The minimum absolute atomic E-state index is 0.0990. The number of sulfone groups is 1. The molecule has 9 heteroatoms. The van der Waals surface area contributed by atoms with E-state index in [0.29, 0.717) is 21.2 Å². The van der Waals surface area contributed by atoms with Gasteiger partial charge in [-0.25, -0.2) is 13.2 Å². The van der Waals surface area contributed by atoms with Gasteiger partial charge >= 0.3 is 6.03 Å². The molecule has 146 valence electrons. The third-order valence-electron chi connectivity index (χ3n) is 4.03. The Labute approximate surface area is 166 Å². The minimum Gasteiger partial charge on any atom is -0.458 e. The maximum atomic E-state index is 12.2. The molecule has 2 aromatic carbocycles. The smallest absolute Gasteiger partial charge is 0.338 e. The fraction of sp³-hybridized carbons (Fsp3) is 0.105. The van der Waals surface area contributed by atoms with Crippen molar-refractivity contribution in [3.05, 3.63) is 65.4 Å². The van der Waals surface area contributed by atoms with E-state index in [9.17, 15) is 18.4 Å². The van der Waals surface area contributed by atoms with Crippen LogP contribution in [0.3, 0.4) is 0 Å². The molecule has 0 unspecified atom stereocenters. The number of urea groups is 1. The van der Waals surface area contributed by atoms with Crippen LogP contribution in [0, 0.1) is 0 Å². The van der Waals surface area contributed by atoms with Gasteiger partial charge in [-0.05, 0) is 35.9 Å². The predicted octanol–water partition coefficient (Wildman–Crippen LogP) is 3.94. The number of nitrogens with zero attached hydrogens (tertiary/aromatic N) is 1. The second-order valence-electron chi connectivity index (χ2n) is 6.13. The summed E-state index contributed by atoms with van der Waals surface area (Å²) in [5.41, 5.74) is 6.72. The molecule has 0 atom stereocenters. The van der Waals surface area contributed by atoms with Crippen molar-refractivity contribution >= 4 is 27.5 Å². The fourth-order valence-electron chi connectivity index (χ4n) is 2.77. The molecular formula is C19H17ClN2O5S. The van der Waals surface area contributed by atoms with Gasteiger partial charge in [-0.2, -0.15) is 5.06 Å². The summed E-state index contributed by atoms with van der Waals surface area (Å²) in [6.07, 6.45) is 1.11. The van der Waals surface area contributed by atoms with Crippen molar-refractivity contribution in [3.8, 4) is 22.5 Å². The van der Waals surface area contributed by atoms with E-state index in [1.807, 2.05) is 0 Å². The van der Waals surface area contributed by atoms with Crippen LogP contribution in [0.5, 0.6) is 0 Å². The number of halogens is 1. The Hall–Kier alpha value is -2.81. The van der Waals surface area contributed by atoms with Crippen LogP contribution in [0.1, 0.15) is 5.76 Å². The molecule has 0 aliphatic heterocycles. The second-order valence-corrected chi connectivity index (χ2v) is 8.55. The van der Waals surface area contributed by atoms with Gasteiger partial charge in [-0.1, -0.05) is 35.9 Å². The zero-order valence-corrected chi connectivity index (χ0v) is 16.4. The second kappa shape index (κ2) is 7.67. The van der Waals surface area contributed by atoms with Crippen LogP contribution < -0.4 is 5.73 Å². The molecule has 0 radical (unpaired) electrons. The molecule has 3 N–H and O–H groups in total. The number of hydrogen-bond acceptors (Lipinski definition) is 5. The van der Waals surface area contributed by atoms with Crippen molar-refractivity contribution in [1.82, 2.24) is 5.06 Å². The van der Waals surface area contributed by atoms with Crippen molar-refractivity contribution in [3.63, 3.8) is 0 Å². The predicted molar refractivity (Wildman–Crippen MR) is 105 cm³/mol. The normalized spacial score (nSPS) is 11.4. The first kappa shape index (κ1) is 19.9. The van der Waals surface area contributed by atoms with Crippen molar-refractivity contribution in [2.75, 3.05) is 6.26 Å². The summed E-state index contributed by atoms with van der Waals surface area (Å²) < 4.78 is 30.3. The molecule has 28 heavy (non-hydrogen) atoms. The Morgan fingerprint density at radius 2 is 1.79 bits per heavy atom. The zero-order chi connectivity index (χ0) is 20.5. The van der Waals surface area contributed by atoms with Gasteiger partial charge in [0.2, 0.25) is 0 Å². The maximum Gasteiger partial charge on any atom is 0.338 e. The Kier molecular flexibility index (Phi) is 5.46. The summed E-state index contributed by atoms with van der Waals surface area (Å²) in [4.78, 5) is 11.2. The lowest BCUT2D eigenvalue weighted by molar-refractivity contribution is -0.0511. The van der Waals surface area contributed by atoms with Crippen molar-refractivity contribution in [2.45, 2.75) is 11.4 Å². The highest BCUT2D eigenvalue weighted by molar-refractivity contribution is 7.90. The van der Waals surface area contributed by atoms with E-state index in [1.54, 1.807) is 48.5 Å². The number of carbonyl (C=O) groups is 1. The minimum atomic E-state index is -3.53. The molecule has 1 heterocycles. The van der Waals surface area contributed by atoms with Crippen molar-refractivity contribution in [2.24, 2.45) is 5.73 Å². The lowest BCUT2D eigenvalue weighted by Gasteiger charge is -2.09. The monoisotopic (exact) mass is 420 g/mol. The number of nitrogens with two attached hydrogens (primary N) is 1. The number of rotatable bonds is 5. The van der Waals surface area contributed by atoms with Gasteiger partial charge in [0, 0.05) is 22.4 Å². The molecule has 2 amide bonds. The van der Waals surface area contributed by atoms with Gasteiger partial charge in [-0.3, -0.25) is 5.21 Å². The molecule has 0 fully saturated rings. The topological polar surface area (TPSA) is 114 Å². The largest absolute Gasteiger partial charge is 0.458 e. The van der Waals surface area contributed by atoms with E-state index in [4.69, 9.17) is 21.8 Å². The van der Waals surface area contributed by atoms with Gasteiger partial charge < -0.3 is 10.2 Å². The Morgan fingerprint density at radius 3 is 2.39 bits per heavy atom. The molecule has 1 aromatic heterocycles. The van der Waals surface area contributed by atoms with Gasteiger partial charge in [0.1, 0.15) is 18.1 Å². The van der Waals surface area contributed by atoms with Gasteiger partial charge in [0.05, 0.1) is 4.90 Å². The van der Waals surface area contributed by atoms with E-state index in [0.717, 1.165) is 11.8 Å². The van der Waals surface area contributed by atoms with Crippen LogP contribution >= 0.6 is 11.6 Å². The third kappa shape index (κ3) is 4.19. The molecule has 0 bridgehead atoms. The molecule has 7 nitrogen and oxygen atoms in total. The fourth-order valence-corrected chi connectivity index (χ4v) is 3.78. The summed E-state index contributed by atoms with van der Waals surface area (Å²) in [5, 5.41) is 10.5. The first-order chi connectivity index (χ1) is 13.2. The standard InChI is InChI=1S/C19H17ClN2O5S/c1-28(25,26)17-5-3-2-4-15(17)18-16(12-6-8-13(20)9-7-12)10-14(27-18)11-22(24)19(21)23/h2-10,24H,11H2,1H3,(H2,21,23). The quantitative estimate of drug-likeness (QED) is 0.479. The Morgan fingerprint density at radius 1 is 1.14 bits per heavy atom. The number of amides is 2. The molecule has 3 rings (SSSR count). The zero-order valence-electron chi connectivity index (χ0n) is 14.8. The molecule has 0 saturated heterocycles. The number of hydroxylamine groups is 2. The molecule has 0 aliphatic rings. The molecule has 0 aliphatic carbocycles. The summed E-state index contributed by atoms with van der Waals surface area (Å²) in [6, 6.07) is 13.9. The van der Waals surface area contributed by atoms with Crippen LogP contribution in [0.4, 0.5) is 4.79 Å². The van der Waals surface area contributed by atoms with E-state index < -0.39 is 15.9 Å². The van der Waals surface area contributed by atoms with E-state index in [-0.39, 0.29) is 23.0 Å². The maximum absolute atomic E-state index is 12.2. The number of hydrogen-bond donors (Lipinski definition) is 2. The summed E-state index contributed by atoms with van der Waals surface area (Å²) >= 11 is 5.96. The highest BCUT2D eigenvalue weighted by atomic mass is 35.5. The Balaban J connectivity index is 2.21. The van der Waals surface area contributed by atoms with Crippen LogP contribution in [-0.2, 0) is 16.4 Å². The number of furan rings is 1. The SMILES string of the molecule is CS(=O)(=O)c1ccccc1-c1oc(CN(O)C(N)=O)cc1-c1ccc(Cl)cc1. The Bertz CT molecular complexity index is 1120. The lowest BCUT2D eigenvalue weighted by atomic mass is 10.0. The molecule has 0 saturated carbocycles. The van der Waals surface area contributed by atoms with E-state index in [1.165, 1.54) is 6.07 Å².